The van der Waals surface area contributed by atoms with Gasteiger partial charge in [-0.05, 0) is 69.6 Å². The molecule has 0 aliphatic heterocycles. The Morgan fingerprint density at radius 3 is 2.32 bits per heavy atom. The van der Waals surface area contributed by atoms with E-state index in [-0.39, 0.29) is 18.6 Å². The molecule has 0 aliphatic carbocycles. The molecule has 31 heavy (non-hydrogen) atoms. The van der Waals surface area contributed by atoms with Crippen molar-refractivity contribution in [2.75, 3.05) is 13.6 Å². The number of hydrogen-bond donors (Lipinski definition) is 0. The summed E-state index contributed by atoms with van der Waals surface area (Å²) in [5.74, 6) is 0.428. The van der Waals surface area contributed by atoms with Crippen LogP contribution in [0.2, 0.25) is 10.0 Å². The fourth-order valence-electron chi connectivity index (χ4n) is 2.99. The van der Waals surface area contributed by atoms with Gasteiger partial charge in [0.15, 0.2) is 0 Å². The maximum absolute atomic E-state index is 12.1. The van der Waals surface area contributed by atoms with Crippen LogP contribution < -0.4 is 4.74 Å². The molecule has 2 aromatic rings. The van der Waals surface area contributed by atoms with E-state index in [4.69, 9.17) is 32.7 Å². The molecule has 0 bridgehead atoms. The average Bonchev–Trinajstić information content (AvgIpc) is 2.68. The Hall–Kier alpha value is -2.26. The van der Waals surface area contributed by atoms with E-state index in [0.717, 1.165) is 16.9 Å². The molecule has 5 nitrogen and oxygen atoms in total. The van der Waals surface area contributed by atoms with Gasteiger partial charge in [-0.1, -0.05) is 41.4 Å². The lowest BCUT2D eigenvalue weighted by atomic mass is 10.0. The van der Waals surface area contributed by atoms with Crippen molar-refractivity contribution in [2.24, 2.45) is 0 Å². The van der Waals surface area contributed by atoms with Gasteiger partial charge in [-0.2, -0.15) is 5.26 Å². The smallest absolute Gasteiger partial charge is 0.320 e. The highest BCUT2D eigenvalue weighted by molar-refractivity contribution is 6.42. The highest BCUT2D eigenvalue weighted by Crippen LogP contribution is 2.24. The second-order valence-electron chi connectivity index (χ2n) is 8.40. The van der Waals surface area contributed by atoms with Crippen molar-refractivity contribution in [1.82, 2.24) is 4.90 Å². The number of halogens is 2. The summed E-state index contributed by atoms with van der Waals surface area (Å²) >= 11 is 12.0. The first kappa shape index (κ1) is 25.0. The van der Waals surface area contributed by atoms with E-state index in [1.54, 1.807) is 12.1 Å². The van der Waals surface area contributed by atoms with E-state index >= 15 is 0 Å². The van der Waals surface area contributed by atoms with Gasteiger partial charge in [-0.3, -0.25) is 9.69 Å². The van der Waals surface area contributed by atoms with Crippen molar-refractivity contribution in [3.8, 4) is 11.8 Å². The van der Waals surface area contributed by atoms with Crippen LogP contribution in [0.25, 0.3) is 0 Å². The summed E-state index contributed by atoms with van der Waals surface area (Å²) < 4.78 is 11.2. The van der Waals surface area contributed by atoms with Crippen LogP contribution in [0.4, 0.5) is 0 Å². The van der Waals surface area contributed by atoms with Crippen molar-refractivity contribution < 1.29 is 14.3 Å². The van der Waals surface area contributed by atoms with Crippen LogP contribution in [0.15, 0.2) is 42.5 Å². The summed E-state index contributed by atoms with van der Waals surface area (Å²) in [6.45, 7) is 6.02. The van der Waals surface area contributed by atoms with Crippen LogP contribution in [-0.2, 0) is 22.6 Å². The van der Waals surface area contributed by atoms with Gasteiger partial charge < -0.3 is 9.47 Å². The van der Waals surface area contributed by atoms with Crippen molar-refractivity contribution in [1.29, 1.82) is 5.26 Å². The number of carbonyl (C=O) groups is 1. The maximum atomic E-state index is 12.1. The molecule has 0 heterocycles. The summed E-state index contributed by atoms with van der Waals surface area (Å²) in [4.78, 5) is 14.0. The molecular weight excluding hydrogens is 435 g/mol. The Labute approximate surface area is 194 Å². The van der Waals surface area contributed by atoms with E-state index in [9.17, 15) is 10.1 Å². The van der Waals surface area contributed by atoms with Gasteiger partial charge in [0.2, 0.25) is 0 Å². The van der Waals surface area contributed by atoms with Gasteiger partial charge in [-0.15, -0.1) is 0 Å². The van der Waals surface area contributed by atoms with Crippen LogP contribution in [0.3, 0.4) is 0 Å². The van der Waals surface area contributed by atoms with Gasteiger partial charge in [0.1, 0.15) is 18.0 Å². The molecule has 0 saturated heterocycles. The highest BCUT2D eigenvalue weighted by atomic mass is 35.5. The molecule has 0 N–H and O–H groups in total. The van der Waals surface area contributed by atoms with Crippen LogP contribution in [0.5, 0.6) is 5.75 Å². The molecule has 0 aromatic heterocycles. The van der Waals surface area contributed by atoms with Gasteiger partial charge in [0.25, 0.3) is 0 Å². The number of carbonyl (C=O) groups excluding carboxylic acids is 1. The molecule has 0 spiro atoms. The number of benzene rings is 2. The number of rotatable bonds is 9. The zero-order valence-corrected chi connectivity index (χ0v) is 19.8. The van der Waals surface area contributed by atoms with Crippen LogP contribution in [0.1, 0.15) is 38.3 Å². The number of nitrogens with zero attached hydrogens (tertiary/aromatic N) is 2. The molecular formula is C24H28Cl2N2O3. The molecule has 0 saturated carbocycles. The summed E-state index contributed by atoms with van der Waals surface area (Å²) in [6.07, 6.45) is 0.953. The lowest BCUT2D eigenvalue weighted by Gasteiger charge is -2.27. The van der Waals surface area contributed by atoms with Gasteiger partial charge in [0, 0.05) is 6.04 Å². The van der Waals surface area contributed by atoms with E-state index in [1.807, 2.05) is 63.1 Å². The molecule has 1 atom stereocenters. The first-order chi connectivity index (χ1) is 14.6. The summed E-state index contributed by atoms with van der Waals surface area (Å²) in [7, 11) is 1.83. The minimum Gasteiger partial charge on any atom is -0.489 e. The number of nitriles is 1. The summed E-state index contributed by atoms with van der Waals surface area (Å²) in [5.41, 5.74) is 1.45. The third-order valence-corrected chi connectivity index (χ3v) is 5.27. The van der Waals surface area contributed by atoms with E-state index in [2.05, 4.69) is 6.07 Å². The summed E-state index contributed by atoms with van der Waals surface area (Å²) in [5, 5.41) is 10.2. The molecule has 166 valence electrons. The molecule has 2 aromatic carbocycles. The lowest BCUT2D eigenvalue weighted by molar-refractivity contribution is -0.156. The number of hydrogen-bond acceptors (Lipinski definition) is 5. The standard InChI is InChI=1S/C24H28Cl2N2O3/c1-24(2,3)31-23(29)15-28(4)19(11-12-27)13-17-5-8-20(9-6-17)30-16-18-7-10-21(25)22(26)14-18/h5-10,14,19H,11,13,15-16H2,1-4H3/t19-/m1/s1. The van der Waals surface area contributed by atoms with Crippen LogP contribution in [-0.4, -0.2) is 36.1 Å². The molecule has 0 fully saturated rings. The Balaban J connectivity index is 1.94. The first-order valence-corrected chi connectivity index (χ1v) is 10.8. The van der Waals surface area contributed by atoms with Gasteiger partial charge in [-0.25, -0.2) is 0 Å². The molecule has 0 unspecified atom stereocenters. The highest BCUT2D eigenvalue weighted by Gasteiger charge is 2.22. The zero-order valence-electron chi connectivity index (χ0n) is 18.3. The van der Waals surface area contributed by atoms with Crippen molar-refractivity contribution in [2.45, 2.75) is 51.9 Å². The third kappa shape index (κ3) is 8.78. The van der Waals surface area contributed by atoms with Crippen molar-refractivity contribution in [3.05, 3.63) is 63.6 Å². The maximum Gasteiger partial charge on any atom is 0.320 e. The second-order valence-corrected chi connectivity index (χ2v) is 9.22. The molecule has 7 heteroatoms. The van der Waals surface area contributed by atoms with E-state index in [0.29, 0.717) is 29.5 Å². The Kier molecular flexibility index (Phi) is 9.18. The zero-order chi connectivity index (χ0) is 23.0. The first-order valence-electron chi connectivity index (χ1n) is 10.0. The predicted molar refractivity (Wildman–Crippen MR) is 123 cm³/mol. The Morgan fingerprint density at radius 2 is 1.74 bits per heavy atom. The van der Waals surface area contributed by atoms with E-state index < -0.39 is 5.60 Å². The fraction of sp³-hybridized carbons (Fsp3) is 0.417. The molecule has 0 aliphatic rings. The molecule has 2 rings (SSSR count). The van der Waals surface area contributed by atoms with Gasteiger partial charge >= 0.3 is 5.97 Å². The predicted octanol–water partition coefficient (Wildman–Crippen LogP) is 5.67. The summed E-state index contributed by atoms with van der Waals surface area (Å²) in [6, 6.07) is 15.2. The number of ether oxygens (including phenoxy) is 2. The fourth-order valence-corrected chi connectivity index (χ4v) is 3.31. The monoisotopic (exact) mass is 462 g/mol. The molecule has 0 radical (unpaired) electrons. The second kappa shape index (κ2) is 11.4. The topological polar surface area (TPSA) is 62.6 Å². The SMILES string of the molecule is CN(CC(=O)OC(C)(C)C)[C@H](CC#N)Cc1ccc(OCc2ccc(Cl)c(Cl)c2)cc1. The van der Waals surface area contributed by atoms with Crippen LogP contribution in [0, 0.1) is 11.3 Å². The minimum absolute atomic E-state index is 0.0968. The van der Waals surface area contributed by atoms with E-state index in [1.165, 1.54) is 0 Å². The minimum atomic E-state index is -0.532. The largest absolute Gasteiger partial charge is 0.489 e. The number of likely N-dealkylation sites (N-methyl/N-ethyl adjacent to an activating group) is 1. The van der Waals surface area contributed by atoms with Gasteiger partial charge in [0.05, 0.1) is 29.1 Å². The quantitative estimate of drug-likeness (QED) is 0.449. The molecule has 0 amide bonds. The third-order valence-electron chi connectivity index (χ3n) is 4.53. The Morgan fingerprint density at radius 1 is 1.10 bits per heavy atom. The lowest BCUT2D eigenvalue weighted by Crippen LogP contribution is -2.39. The Bertz CT molecular complexity index is 918. The van der Waals surface area contributed by atoms with Crippen molar-refractivity contribution in [3.63, 3.8) is 0 Å². The van der Waals surface area contributed by atoms with Crippen LogP contribution >= 0.6 is 23.2 Å². The van der Waals surface area contributed by atoms with Crippen molar-refractivity contribution >= 4 is 29.2 Å². The number of esters is 1. The average molecular weight is 463 g/mol. The normalized spacial score (nSPS) is 12.3.